The van der Waals surface area contributed by atoms with Crippen molar-refractivity contribution < 1.29 is 5.11 Å². The minimum Gasteiger partial charge on any atom is -0.396 e. The van der Waals surface area contributed by atoms with E-state index in [1.165, 1.54) is 10.4 Å². The highest BCUT2D eigenvalue weighted by molar-refractivity contribution is 9.10. The lowest BCUT2D eigenvalue weighted by atomic mass is 9.96. The van der Waals surface area contributed by atoms with Gasteiger partial charge in [0, 0.05) is 25.8 Å². The third kappa shape index (κ3) is 4.19. The second-order valence-corrected chi connectivity index (χ2v) is 7.14. The molecule has 0 aliphatic heterocycles. The van der Waals surface area contributed by atoms with Gasteiger partial charge in [-0.25, -0.2) is 0 Å². The number of benzene rings is 1. The van der Waals surface area contributed by atoms with Gasteiger partial charge in [-0.15, -0.1) is 11.3 Å². The van der Waals surface area contributed by atoms with Crippen LogP contribution in [0, 0.1) is 5.92 Å². The van der Waals surface area contributed by atoms with Crippen molar-refractivity contribution in [3.05, 3.63) is 55.1 Å². The Morgan fingerprint density at radius 1 is 1.06 bits per heavy atom. The van der Waals surface area contributed by atoms with Crippen molar-refractivity contribution in [3.63, 3.8) is 0 Å². The summed E-state index contributed by atoms with van der Waals surface area (Å²) in [7, 11) is 0. The van der Waals surface area contributed by atoms with Gasteiger partial charge in [-0.2, -0.15) is 0 Å². The van der Waals surface area contributed by atoms with Crippen molar-refractivity contribution in [2.75, 3.05) is 6.61 Å². The highest BCUT2D eigenvalue weighted by atomic mass is 79.9. The van der Waals surface area contributed by atoms with Crippen LogP contribution < -0.4 is 0 Å². The molecule has 0 aliphatic carbocycles. The predicted molar refractivity (Wildman–Crippen MR) is 84.1 cm³/mol. The molecule has 4 heteroatoms. The fourth-order valence-corrected chi connectivity index (χ4v) is 3.73. The van der Waals surface area contributed by atoms with Crippen LogP contribution in [-0.4, -0.2) is 11.7 Å². The SMILES string of the molecule is OCC(Cc1ccc(Br)cc1)Cc1cc(Br)cs1. The Morgan fingerprint density at radius 3 is 2.33 bits per heavy atom. The van der Waals surface area contributed by atoms with Gasteiger partial charge in [0.05, 0.1) is 0 Å². The zero-order chi connectivity index (χ0) is 13.0. The van der Waals surface area contributed by atoms with E-state index in [1.54, 1.807) is 11.3 Å². The van der Waals surface area contributed by atoms with Crippen molar-refractivity contribution in [3.8, 4) is 0 Å². The summed E-state index contributed by atoms with van der Waals surface area (Å²) in [5, 5.41) is 11.6. The summed E-state index contributed by atoms with van der Waals surface area (Å²) in [6.45, 7) is 0.228. The Bertz CT molecular complexity index is 493. The third-order valence-corrected chi connectivity index (χ3v) is 5.06. The number of aliphatic hydroxyl groups is 1. The molecule has 0 saturated heterocycles. The molecule has 1 aromatic heterocycles. The lowest BCUT2D eigenvalue weighted by Crippen LogP contribution is -2.12. The molecule has 0 aliphatic rings. The maximum Gasteiger partial charge on any atom is 0.0465 e. The van der Waals surface area contributed by atoms with Crippen molar-refractivity contribution in [2.45, 2.75) is 12.8 Å². The van der Waals surface area contributed by atoms with E-state index in [0.717, 1.165) is 21.8 Å². The standard InChI is InChI=1S/C14H14Br2OS/c15-12-3-1-10(2-4-12)5-11(8-17)6-14-7-13(16)9-18-14/h1-4,7,9,11,17H,5-6,8H2. The zero-order valence-electron chi connectivity index (χ0n) is 9.77. The van der Waals surface area contributed by atoms with Crippen LogP contribution in [0.15, 0.2) is 44.7 Å². The van der Waals surface area contributed by atoms with Gasteiger partial charge in [0.15, 0.2) is 0 Å². The van der Waals surface area contributed by atoms with E-state index >= 15 is 0 Å². The van der Waals surface area contributed by atoms with Gasteiger partial charge >= 0.3 is 0 Å². The van der Waals surface area contributed by atoms with Gasteiger partial charge in [-0.1, -0.05) is 28.1 Å². The quantitative estimate of drug-likeness (QED) is 0.787. The predicted octanol–water partition coefficient (Wildman–Crippen LogP) is 4.67. The van der Waals surface area contributed by atoms with E-state index in [-0.39, 0.29) is 12.5 Å². The van der Waals surface area contributed by atoms with E-state index in [2.05, 4.69) is 55.4 Å². The minimum atomic E-state index is 0.228. The van der Waals surface area contributed by atoms with E-state index in [9.17, 15) is 5.11 Å². The molecule has 1 atom stereocenters. The summed E-state index contributed by atoms with van der Waals surface area (Å²) in [5.41, 5.74) is 1.27. The maximum absolute atomic E-state index is 9.49. The van der Waals surface area contributed by atoms with Crippen LogP contribution in [-0.2, 0) is 12.8 Å². The molecule has 2 aromatic rings. The Labute approximate surface area is 128 Å². The largest absolute Gasteiger partial charge is 0.396 e. The Kier molecular flexibility index (Phi) is 5.42. The van der Waals surface area contributed by atoms with E-state index in [0.29, 0.717) is 0 Å². The van der Waals surface area contributed by atoms with Crippen molar-refractivity contribution in [1.82, 2.24) is 0 Å². The lowest BCUT2D eigenvalue weighted by Gasteiger charge is -2.13. The third-order valence-electron chi connectivity index (χ3n) is 2.81. The smallest absolute Gasteiger partial charge is 0.0465 e. The average molecular weight is 390 g/mol. The lowest BCUT2D eigenvalue weighted by molar-refractivity contribution is 0.225. The molecule has 0 radical (unpaired) electrons. The molecule has 2 rings (SSSR count). The van der Waals surface area contributed by atoms with E-state index in [4.69, 9.17) is 0 Å². The first-order chi connectivity index (χ1) is 8.67. The van der Waals surface area contributed by atoms with Gasteiger partial charge in [0.2, 0.25) is 0 Å². The van der Waals surface area contributed by atoms with E-state index < -0.39 is 0 Å². The summed E-state index contributed by atoms with van der Waals surface area (Å²) in [6, 6.07) is 10.4. The monoisotopic (exact) mass is 388 g/mol. The summed E-state index contributed by atoms with van der Waals surface area (Å²) in [4.78, 5) is 1.32. The van der Waals surface area contributed by atoms with Gasteiger partial charge in [0.1, 0.15) is 0 Å². The molecule has 1 N–H and O–H groups in total. The van der Waals surface area contributed by atoms with Crippen LogP contribution in [0.5, 0.6) is 0 Å². The molecule has 0 saturated carbocycles. The average Bonchev–Trinajstić information content (AvgIpc) is 2.77. The second kappa shape index (κ2) is 6.85. The molecule has 1 unspecified atom stereocenters. The van der Waals surface area contributed by atoms with Crippen LogP contribution in [0.2, 0.25) is 0 Å². The van der Waals surface area contributed by atoms with Crippen LogP contribution in [0.3, 0.4) is 0 Å². The number of hydrogen-bond donors (Lipinski definition) is 1. The van der Waals surface area contributed by atoms with Crippen molar-refractivity contribution >= 4 is 43.2 Å². The minimum absolute atomic E-state index is 0.228. The molecular formula is C14H14Br2OS. The molecule has 1 aromatic carbocycles. The topological polar surface area (TPSA) is 20.2 Å². The van der Waals surface area contributed by atoms with Crippen LogP contribution in [0.25, 0.3) is 0 Å². The van der Waals surface area contributed by atoms with Crippen molar-refractivity contribution in [1.29, 1.82) is 0 Å². The fraction of sp³-hybridized carbons (Fsp3) is 0.286. The number of hydrogen-bond acceptors (Lipinski definition) is 2. The van der Waals surface area contributed by atoms with Crippen molar-refractivity contribution in [2.24, 2.45) is 5.92 Å². The normalized spacial score (nSPS) is 12.6. The van der Waals surface area contributed by atoms with Crippen LogP contribution >= 0.6 is 43.2 Å². The van der Waals surface area contributed by atoms with Gasteiger partial charge < -0.3 is 5.11 Å². The molecule has 18 heavy (non-hydrogen) atoms. The summed E-state index contributed by atoms with van der Waals surface area (Å²) >= 11 is 8.63. The fourth-order valence-electron chi connectivity index (χ4n) is 1.90. The van der Waals surface area contributed by atoms with E-state index in [1.807, 2.05) is 12.1 Å². The number of thiophene rings is 1. The molecule has 0 fully saturated rings. The first kappa shape index (κ1) is 14.3. The molecule has 1 heterocycles. The molecule has 0 spiro atoms. The summed E-state index contributed by atoms with van der Waals surface area (Å²) in [6.07, 6.45) is 1.85. The maximum atomic E-state index is 9.49. The van der Waals surface area contributed by atoms with Crippen LogP contribution in [0.4, 0.5) is 0 Å². The summed E-state index contributed by atoms with van der Waals surface area (Å²) < 4.78 is 2.22. The molecule has 0 bridgehead atoms. The number of aliphatic hydroxyl groups excluding tert-OH is 1. The molecule has 0 amide bonds. The summed E-state index contributed by atoms with van der Waals surface area (Å²) in [5.74, 6) is 0.289. The number of rotatable bonds is 5. The zero-order valence-corrected chi connectivity index (χ0v) is 13.8. The molecule has 1 nitrogen and oxygen atoms in total. The van der Waals surface area contributed by atoms with Gasteiger partial charge in [-0.05, 0) is 58.5 Å². The second-order valence-electron chi connectivity index (χ2n) is 4.31. The highest BCUT2D eigenvalue weighted by Gasteiger charge is 2.11. The Balaban J connectivity index is 1.99. The highest BCUT2D eigenvalue weighted by Crippen LogP contribution is 2.24. The Hall–Kier alpha value is -0.160. The van der Waals surface area contributed by atoms with Gasteiger partial charge in [0.25, 0.3) is 0 Å². The van der Waals surface area contributed by atoms with Crippen LogP contribution in [0.1, 0.15) is 10.4 Å². The molecule has 96 valence electrons. The van der Waals surface area contributed by atoms with Gasteiger partial charge in [-0.3, -0.25) is 0 Å². The first-order valence-electron chi connectivity index (χ1n) is 5.75. The first-order valence-corrected chi connectivity index (χ1v) is 8.22. The Morgan fingerprint density at radius 2 is 1.78 bits per heavy atom. The molecular weight excluding hydrogens is 376 g/mol. The number of halogens is 2.